The third-order valence-electron chi connectivity index (χ3n) is 2.50. The largest absolute Gasteiger partial charge is 0.476 e. The number of carboxylic acid groups (broad SMARTS) is 1. The average Bonchev–Trinajstić information content (AvgIpc) is 2.67. The van der Waals surface area contributed by atoms with Gasteiger partial charge in [-0.15, -0.1) is 0 Å². The van der Waals surface area contributed by atoms with Gasteiger partial charge < -0.3 is 5.11 Å². The zero-order valence-electron chi connectivity index (χ0n) is 9.52. The van der Waals surface area contributed by atoms with Crippen LogP contribution >= 0.6 is 15.9 Å². The van der Waals surface area contributed by atoms with Crippen molar-refractivity contribution < 1.29 is 14.3 Å². The van der Waals surface area contributed by atoms with Crippen molar-refractivity contribution in [3.05, 3.63) is 45.9 Å². The van der Waals surface area contributed by atoms with E-state index >= 15 is 0 Å². The van der Waals surface area contributed by atoms with Crippen LogP contribution in [0.1, 0.15) is 23.1 Å². The van der Waals surface area contributed by atoms with E-state index in [9.17, 15) is 14.3 Å². The van der Waals surface area contributed by atoms with Gasteiger partial charge in [0.05, 0.1) is 15.9 Å². The van der Waals surface area contributed by atoms with Gasteiger partial charge in [-0.25, -0.2) is 13.9 Å². The molecular formula is C12H10BrFN2O2. The number of aromatic nitrogens is 2. The maximum atomic E-state index is 12.9. The standard InChI is InChI=1S/C12H10BrFN2O2/c1-2-9-10(13)11(12(17)18)16(15-9)8-5-3-7(14)4-6-8/h3-6H,2H2,1H3,(H,17,18). The maximum Gasteiger partial charge on any atom is 0.355 e. The van der Waals surface area contributed by atoms with Gasteiger partial charge in [0.1, 0.15) is 5.82 Å². The molecule has 1 heterocycles. The van der Waals surface area contributed by atoms with Gasteiger partial charge in [-0.2, -0.15) is 5.10 Å². The number of benzene rings is 1. The quantitative estimate of drug-likeness (QED) is 0.947. The highest BCUT2D eigenvalue weighted by molar-refractivity contribution is 9.10. The van der Waals surface area contributed by atoms with Crippen LogP contribution < -0.4 is 0 Å². The molecule has 0 atom stereocenters. The molecule has 1 aromatic heterocycles. The number of rotatable bonds is 3. The second kappa shape index (κ2) is 4.89. The zero-order valence-corrected chi connectivity index (χ0v) is 11.1. The lowest BCUT2D eigenvalue weighted by Gasteiger charge is -2.04. The summed E-state index contributed by atoms with van der Waals surface area (Å²) in [6.45, 7) is 1.88. The predicted octanol–water partition coefficient (Wildman–Crippen LogP) is 3.03. The Balaban J connectivity index is 2.63. The molecule has 0 amide bonds. The lowest BCUT2D eigenvalue weighted by molar-refractivity contribution is 0.0686. The summed E-state index contributed by atoms with van der Waals surface area (Å²) in [6.07, 6.45) is 0.606. The van der Waals surface area contributed by atoms with Crippen LogP contribution in [0.4, 0.5) is 4.39 Å². The van der Waals surface area contributed by atoms with Gasteiger partial charge >= 0.3 is 5.97 Å². The fourth-order valence-electron chi connectivity index (χ4n) is 1.62. The second-order valence-corrected chi connectivity index (χ2v) is 4.45. The van der Waals surface area contributed by atoms with E-state index in [4.69, 9.17) is 0 Å². The van der Waals surface area contributed by atoms with Gasteiger partial charge in [-0.3, -0.25) is 0 Å². The fraction of sp³-hybridized carbons (Fsp3) is 0.167. The molecule has 1 aromatic carbocycles. The van der Waals surface area contributed by atoms with Crippen molar-refractivity contribution in [3.8, 4) is 5.69 Å². The van der Waals surface area contributed by atoms with Crippen LogP contribution in [0.3, 0.4) is 0 Å². The van der Waals surface area contributed by atoms with Crippen LogP contribution in [0, 0.1) is 5.82 Å². The molecule has 0 unspecified atom stereocenters. The van der Waals surface area contributed by atoms with E-state index in [1.807, 2.05) is 6.92 Å². The van der Waals surface area contributed by atoms with E-state index in [1.165, 1.54) is 28.9 Å². The molecule has 0 spiro atoms. The Hall–Kier alpha value is -1.69. The molecule has 2 rings (SSSR count). The summed E-state index contributed by atoms with van der Waals surface area (Å²) in [5.74, 6) is -1.46. The van der Waals surface area contributed by atoms with Crippen LogP contribution in [0.15, 0.2) is 28.7 Å². The first kappa shape index (κ1) is 12.8. The van der Waals surface area contributed by atoms with Gasteiger partial charge in [0.25, 0.3) is 0 Å². The van der Waals surface area contributed by atoms with Crippen molar-refractivity contribution in [3.63, 3.8) is 0 Å². The highest BCUT2D eigenvalue weighted by Gasteiger charge is 2.21. The van der Waals surface area contributed by atoms with Crippen LogP contribution in [0.25, 0.3) is 5.69 Å². The minimum atomic E-state index is -1.08. The maximum absolute atomic E-state index is 12.9. The van der Waals surface area contributed by atoms with Crippen molar-refractivity contribution >= 4 is 21.9 Å². The number of carbonyl (C=O) groups is 1. The topological polar surface area (TPSA) is 55.1 Å². The van der Waals surface area contributed by atoms with E-state index in [-0.39, 0.29) is 11.5 Å². The van der Waals surface area contributed by atoms with Crippen molar-refractivity contribution in [2.45, 2.75) is 13.3 Å². The number of hydrogen-bond donors (Lipinski definition) is 1. The van der Waals surface area contributed by atoms with Crippen LogP contribution in [0.2, 0.25) is 0 Å². The zero-order chi connectivity index (χ0) is 13.3. The molecule has 6 heteroatoms. The number of nitrogens with zero attached hydrogens (tertiary/aromatic N) is 2. The molecule has 0 aliphatic rings. The van der Waals surface area contributed by atoms with Crippen molar-refractivity contribution in [1.82, 2.24) is 9.78 Å². The summed E-state index contributed by atoms with van der Waals surface area (Å²) in [5.41, 5.74) is 1.20. The second-order valence-electron chi connectivity index (χ2n) is 3.66. The summed E-state index contributed by atoms with van der Waals surface area (Å²) in [5, 5.41) is 13.4. The van der Waals surface area contributed by atoms with E-state index in [0.717, 1.165) is 0 Å². The normalized spacial score (nSPS) is 10.6. The Labute approximate surface area is 111 Å². The van der Waals surface area contributed by atoms with Gasteiger partial charge in [0.15, 0.2) is 5.69 Å². The average molecular weight is 313 g/mol. The third-order valence-corrected chi connectivity index (χ3v) is 3.34. The predicted molar refractivity (Wildman–Crippen MR) is 67.6 cm³/mol. The summed E-state index contributed by atoms with van der Waals surface area (Å²) in [6, 6.07) is 5.51. The van der Waals surface area contributed by atoms with Crippen molar-refractivity contribution in [2.75, 3.05) is 0 Å². The van der Waals surface area contributed by atoms with Gasteiger partial charge in [0.2, 0.25) is 0 Å². The molecule has 94 valence electrons. The van der Waals surface area contributed by atoms with Gasteiger partial charge in [-0.1, -0.05) is 6.92 Å². The fourth-order valence-corrected chi connectivity index (χ4v) is 2.32. The van der Waals surface area contributed by atoms with Crippen LogP contribution in [-0.4, -0.2) is 20.9 Å². The van der Waals surface area contributed by atoms with E-state index < -0.39 is 5.97 Å². The molecule has 0 radical (unpaired) electrons. The SMILES string of the molecule is CCc1nn(-c2ccc(F)cc2)c(C(=O)O)c1Br. The Kier molecular flexibility index (Phi) is 3.47. The van der Waals surface area contributed by atoms with Gasteiger partial charge in [0, 0.05) is 0 Å². The summed E-state index contributed by atoms with van der Waals surface area (Å²) in [7, 11) is 0. The highest BCUT2D eigenvalue weighted by atomic mass is 79.9. The Morgan fingerprint density at radius 3 is 2.56 bits per heavy atom. The summed E-state index contributed by atoms with van der Waals surface area (Å²) < 4.78 is 14.6. The monoisotopic (exact) mass is 312 g/mol. The summed E-state index contributed by atoms with van der Waals surface area (Å²) in [4.78, 5) is 11.2. The molecule has 4 nitrogen and oxygen atoms in total. The minimum absolute atomic E-state index is 0.0402. The number of hydrogen-bond acceptors (Lipinski definition) is 2. The summed E-state index contributed by atoms with van der Waals surface area (Å²) >= 11 is 3.24. The van der Waals surface area contributed by atoms with Gasteiger partial charge in [-0.05, 0) is 46.6 Å². The van der Waals surface area contributed by atoms with E-state index in [0.29, 0.717) is 22.3 Å². The Bertz CT molecular complexity index is 593. The van der Waals surface area contributed by atoms with Crippen LogP contribution in [0.5, 0.6) is 0 Å². The third kappa shape index (κ3) is 2.15. The highest BCUT2D eigenvalue weighted by Crippen LogP contribution is 2.25. The first-order chi connectivity index (χ1) is 8.54. The van der Waals surface area contributed by atoms with Crippen molar-refractivity contribution in [2.24, 2.45) is 0 Å². The van der Waals surface area contributed by atoms with E-state index in [2.05, 4.69) is 21.0 Å². The number of halogens is 2. The molecule has 0 aliphatic carbocycles. The molecule has 0 aliphatic heterocycles. The molecule has 0 bridgehead atoms. The number of aryl methyl sites for hydroxylation is 1. The molecule has 18 heavy (non-hydrogen) atoms. The first-order valence-electron chi connectivity index (χ1n) is 5.31. The number of carboxylic acids is 1. The molecule has 0 saturated carbocycles. The smallest absolute Gasteiger partial charge is 0.355 e. The molecule has 2 aromatic rings. The van der Waals surface area contributed by atoms with E-state index in [1.54, 1.807) is 0 Å². The molecular weight excluding hydrogens is 303 g/mol. The lowest BCUT2D eigenvalue weighted by Crippen LogP contribution is -2.08. The Morgan fingerprint density at radius 1 is 1.44 bits per heavy atom. The molecule has 1 N–H and O–H groups in total. The molecule has 0 fully saturated rings. The van der Waals surface area contributed by atoms with Crippen LogP contribution in [-0.2, 0) is 6.42 Å². The molecule has 0 saturated heterocycles. The Morgan fingerprint density at radius 2 is 2.06 bits per heavy atom. The number of aromatic carboxylic acids is 1. The lowest BCUT2D eigenvalue weighted by atomic mass is 10.3. The van der Waals surface area contributed by atoms with Crippen molar-refractivity contribution in [1.29, 1.82) is 0 Å². The first-order valence-corrected chi connectivity index (χ1v) is 6.10. The minimum Gasteiger partial charge on any atom is -0.476 e.